The van der Waals surface area contributed by atoms with Crippen LogP contribution in [0.2, 0.25) is 0 Å². The van der Waals surface area contributed by atoms with Gasteiger partial charge >= 0.3 is 0 Å². The zero-order chi connectivity index (χ0) is 10.3. The minimum absolute atomic E-state index is 0.0616. The zero-order valence-corrected chi connectivity index (χ0v) is 7.93. The van der Waals surface area contributed by atoms with E-state index in [2.05, 4.69) is 0 Å². The first kappa shape index (κ1) is 9.59. The van der Waals surface area contributed by atoms with Crippen molar-refractivity contribution in [2.24, 2.45) is 0 Å². The number of hydrogen-bond acceptors (Lipinski definition) is 1. The minimum atomic E-state index is -2.81. The number of halogens is 2. The van der Waals surface area contributed by atoms with Gasteiger partial charge in [0, 0.05) is 12.5 Å². The van der Waals surface area contributed by atoms with E-state index in [4.69, 9.17) is 0 Å². The molecule has 0 spiro atoms. The first-order valence-electron chi connectivity index (χ1n) is 4.68. The van der Waals surface area contributed by atoms with E-state index in [0.717, 1.165) is 6.92 Å². The monoisotopic (exact) mass is 198 g/mol. The van der Waals surface area contributed by atoms with E-state index in [-0.39, 0.29) is 5.56 Å². The molecule has 1 aromatic carbocycles. The fraction of sp³-hybridized carbons (Fsp3) is 0.455. The van der Waals surface area contributed by atoms with Gasteiger partial charge in [-0.2, -0.15) is 0 Å². The van der Waals surface area contributed by atoms with Crippen LogP contribution in [0.4, 0.5) is 8.78 Å². The molecule has 3 heteroatoms. The van der Waals surface area contributed by atoms with Gasteiger partial charge in [-0.3, -0.25) is 0 Å². The number of alkyl halides is 2. The predicted molar refractivity (Wildman–Crippen MR) is 49.3 cm³/mol. The van der Waals surface area contributed by atoms with Crippen LogP contribution in [0, 0.1) is 0 Å². The maximum Gasteiger partial charge on any atom is 0.270 e. The Bertz CT molecular complexity index is 355. The Morgan fingerprint density at radius 1 is 1.43 bits per heavy atom. The highest BCUT2D eigenvalue weighted by Gasteiger charge is 2.32. The molecule has 76 valence electrons. The molecule has 0 radical (unpaired) electrons. The summed E-state index contributed by atoms with van der Waals surface area (Å²) in [5.74, 6) is -2.81. The molecule has 0 fully saturated rings. The second-order valence-electron chi connectivity index (χ2n) is 3.82. The van der Waals surface area contributed by atoms with Crippen LogP contribution in [0.15, 0.2) is 18.2 Å². The molecule has 14 heavy (non-hydrogen) atoms. The molecule has 0 aliphatic heterocycles. The summed E-state index contributed by atoms with van der Waals surface area (Å²) >= 11 is 0. The van der Waals surface area contributed by atoms with Gasteiger partial charge in [0.05, 0.1) is 6.10 Å². The van der Waals surface area contributed by atoms with E-state index in [1.807, 2.05) is 0 Å². The number of rotatable bonds is 1. The summed E-state index contributed by atoms with van der Waals surface area (Å²) < 4.78 is 26.3. The quantitative estimate of drug-likeness (QED) is 0.735. The molecule has 0 amide bonds. The molecule has 0 saturated carbocycles. The zero-order valence-electron chi connectivity index (χ0n) is 7.93. The van der Waals surface area contributed by atoms with Crippen LogP contribution in [0.25, 0.3) is 0 Å². The molecule has 1 aliphatic carbocycles. The average Bonchev–Trinajstić information content (AvgIpc) is 2.46. The summed E-state index contributed by atoms with van der Waals surface area (Å²) in [6.45, 7) is 0.896. The van der Waals surface area contributed by atoms with Crippen molar-refractivity contribution >= 4 is 0 Å². The molecule has 0 bridgehead atoms. The molecule has 1 N–H and O–H groups in total. The fourth-order valence-corrected chi connectivity index (χ4v) is 2.04. The molecule has 1 atom stereocenters. The van der Waals surface area contributed by atoms with Crippen LogP contribution in [0.3, 0.4) is 0 Å². The molecular weight excluding hydrogens is 186 g/mol. The lowest BCUT2D eigenvalue weighted by Crippen LogP contribution is -2.10. The predicted octanol–water partition coefficient (Wildman–Crippen LogP) is 2.78. The van der Waals surface area contributed by atoms with Crippen molar-refractivity contribution in [1.82, 2.24) is 0 Å². The highest BCUT2D eigenvalue weighted by atomic mass is 19.3. The Morgan fingerprint density at radius 2 is 2.14 bits per heavy atom. The molecular formula is C11H12F2O. The Morgan fingerprint density at radius 3 is 2.79 bits per heavy atom. The van der Waals surface area contributed by atoms with Crippen molar-refractivity contribution in [3.8, 4) is 0 Å². The topological polar surface area (TPSA) is 20.2 Å². The van der Waals surface area contributed by atoms with Gasteiger partial charge in [-0.15, -0.1) is 0 Å². The molecule has 1 aliphatic rings. The number of aliphatic hydroxyl groups excluding tert-OH is 1. The van der Waals surface area contributed by atoms with Gasteiger partial charge in [-0.25, -0.2) is 8.78 Å². The SMILES string of the molecule is CC(F)(F)c1cccc2c1CC[C@@H]2O. The van der Waals surface area contributed by atoms with Gasteiger partial charge in [0.25, 0.3) is 5.92 Å². The smallest absolute Gasteiger partial charge is 0.270 e. The Balaban J connectivity index is 2.55. The third kappa shape index (κ3) is 1.42. The lowest BCUT2D eigenvalue weighted by Gasteiger charge is -2.15. The van der Waals surface area contributed by atoms with Crippen LogP contribution in [0.1, 0.15) is 36.1 Å². The van der Waals surface area contributed by atoms with E-state index in [1.165, 1.54) is 6.07 Å². The second kappa shape index (κ2) is 3.02. The normalized spacial score (nSPS) is 21.0. The van der Waals surface area contributed by atoms with Crippen LogP contribution >= 0.6 is 0 Å². The second-order valence-corrected chi connectivity index (χ2v) is 3.82. The molecule has 1 aromatic rings. The highest BCUT2D eigenvalue weighted by Crippen LogP contribution is 2.39. The first-order valence-corrected chi connectivity index (χ1v) is 4.68. The Kier molecular flexibility index (Phi) is 2.07. The summed E-state index contributed by atoms with van der Waals surface area (Å²) in [7, 11) is 0. The number of benzene rings is 1. The maximum absolute atomic E-state index is 13.2. The standard InChI is InChI=1S/C11H12F2O/c1-11(12,13)9-4-2-3-8-7(9)5-6-10(8)14/h2-4,10,14H,5-6H2,1H3/t10-/m0/s1. The van der Waals surface area contributed by atoms with E-state index >= 15 is 0 Å². The average molecular weight is 198 g/mol. The van der Waals surface area contributed by atoms with Crippen molar-refractivity contribution < 1.29 is 13.9 Å². The largest absolute Gasteiger partial charge is 0.388 e. The molecule has 0 heterocycles. The van der Waals surface area contributed by atoms with Crippen molar-refractivity contribution in [3.05, 3.63) is 34.9 Å². The summed E-state index contributed by atoms with van der Waals surface area (Å²) in [6, 6.07) is 4.75. The number of fused-ring (bicyclic) bond motifs is 1. The lowest BCUT2D eigenvalue weighted by molar-refractivity contribution is 0.0166. The fourth-order valence-electron chi connectivity index (χ4n) is 2.04. The van der Waals surface area contributed by atoms with Gasteiger partial charge in [-0.1, -0.05) is 18.2 Å². The van der Waals surface area contributed by atoms with Crippen LogP contribution in [-0.2, 0) is 12.3 Å². The molecule has 0 aromatic heterocycles. The van der Waals surface area contributed by atoms with E-state index in [0.29, 0.717) is 24.0 Å². The lowest BCUT2D eigenvalue weighted by atomic mass is 9.99. The first-order chi connectivity index (χ1) is 6.50. The van der Waals surface area contributed by atoms with E-state index in [1.54, 1.807) is 12.1 Å². The number of aliphatic hydroxyl groups is 1. The van der Waals surface area contributed by atoms with Gasteiger partial charge in [0.15, 0.2) is 0 Å². The van der Waals surface area contributed by atoms with Gasteiger partial charge in [0.1, 0.15) is 0 Å². The van der Waals surface area contributed by atoms with Crippen molar-refractivity contribution in [1.29, 1.82) is 0 Å². The van der Waals surface area contributed by atoms with E-state index < -0.39 is 12.0 Å². The Hall–Kier alpha value is -0.960. The Labute approximate surface area is 81.4 Å². The molecule has 2 rings (SSSR count). The van der Waals surface area contributed by atoms with Gasteiger partial charge < -0.3 is 5.11 Å². The van der Waals surface area contributed by atoms with Crippen LogP contribution in [0.5, 0.6) is 0 Å². The molecule has 0 unspecified atom stereocenters. The summed E-state index contributed by atoms with van der Waals surface area (Å²) in [6.07, 6.45) is 0.547. The number of hydrogen-bond donors (Lipinski definition) is 1. The molecule has 0 saturated heterocycles. The van der Waals surface area contributed by atoms with Crippen molar-refractivity contribution in [2.45, 2.75) is 31.8 Å². The van der Waals surface area contributed by atoms with E-state index in [9.17, 15) is 13.9 Å². The van der Waals surface area contributed by atoms with Crippen molar-refractivity contribution in [2.75, 3.05) is 0 Å². The van der Waals surface area contributed by atoms with Crippen LogP contribution < -0.4 is 0 Å². The van der Waals surface area contributed by atoms with Gasteiger partial charge in [0.2, 0.25) is 0 Å². The maximum atomic E-state index is 13.2. The van der Waals surface area contributed by atoms with Gasteiger partial charge in [-0.05, 0) is 24.0 Å². The highest BCUT2D eigenvalue weighted by molar-refractivity contribution is 5.41. The van der Waals surface area contributed by atoms with Crippen LogP contribution in [-0.4, -0.2) is 5.11 Å². The van der Waals surface area contributed by atoms with Crippen molar-refractivity contribution in [3.63, 3.8) is 0 Å². The third-order valence-electron chi connectivity index (χ3n) is 2.71. The summed E-state index contributed by atoms with van der Waals surface area (Å²) in [5, 5.41) is 9.53. The molecule has 1 nitrogen and oxygen atoms in total. The summed E-state index contributed by atoms with van der Waals surface area (Å²) in [4.78, 5) is 0. The third-order valence-corrected chi connectivity index (χ3v) is 2.71. The summed E-state index contributed by atoms with van der Waals surface area (Å²) in [5.41, 5.74) is 1.36. The minimum Gasteiger partial charge on any atom is -0.388 e.